The minimum absolute atomic E-state index is 0.247. The predicted molar refractivity (Wildman–Crippen MR) is 86.0 cm³/mol. The van der Waals surface area contributed by atoms with E-state index in [-0.39, 0.29) is 12.4 Å². The number of nitriles is 1. The zero-order valence-electron chi connectivity index (χ0n) is 12.5. The van der Waals surface area contributed by atoms with Gasteiger partial charge in [0.15, 0.2) is 5.82 Å². The summed E-state index contributed by atoms with van der Waals surface area (Å²) >= 11 is 0. The molecule has 1 aromatic heterocycles. The Labute approximate surface area is 136 Å². The van der Waals surface area contributed by atoms with Gasteiger partial charge in [0, 0.05) is 11.3 Å². The van der Waals surface area contributed by atoms with Crippen LogP contribution in [-0.2, 0) is 11.3 Å². The van der Waals surface area contributed by atoms with Crippen LogP contribution in [0.1, 0.15) is 5.56 Å². The number of hydrogen-bond acceptors (Lipinski definition) is 5. The first-order valence-electron chi connectivity index (χ1n) is 7.09. The fourth-order valence-corrected chi connectivity index (χ4v) is 2.21. The molecule has 0 saturated heterocycles. The fourth-order valence-electron chi connectivity index (χ4n) is 2.21. The zero-order valence-corrected chi connectivity index (χ0v) is 12.5. The molecule has 3 aromatic rings. The number of hydrogen-bond donors (Lipinski definition) is 1. The van der Waals surface area contributed by atoms with Crippen LogP contribution in [0.25, 0.3) is 11.4 Å². The van der Waals surface area contributed by atoms with E-state index in [0.717, 1.165) is 4.57 Å². The molecule has 0 saturated carbocycles. The minimum atomic E-state index is -0.713. The lowest BCUT2D eigenvalue weighted by Gasteiger charge is -2.07. The molecule has 24 heavy (non-hydrogen) atoms. The number of rotatable bonds is 4. The summed E-state index contributed by atoms with van der Waals surface area (Å²) in [4.78, 5) is 24.0. The van der Waals surface area contributed by atoms with E-state index in [1.165, 1.54) is 0 Å². The van der Waals surface area contributed by atoms with Gasteiger partial charge in [-0.1, -0.05) is 41.6 Å². The highest BCUT2D eigenvalue weighted by atomic mass is 16.5. The molecule has 0 spiro atoms. The highest BCUT2D eigenvalue weighted by Crippen LogP contribution is 2.15. The topological polar surface area (TPSA) is 101 Å². The summed E-state index contributed by atoms with van der Waals surface area (Å²) in [5, 5.41) is 15.2. The summed E-state index contributed by atoms with van der Waals surface area (Å²) in [6.07, 6.45) is 0. The number of amides is 1. The second-order valence-electron chi connectivity index (χ2n) is 4.97. The van der Waals surface area contributed by atoms with Gasteiger partial charge >= 0.3 is 5.76 Å². The Morgan fingerprint density at radius 3 is 2.75 bits per heavy atom. The number of nitrogens with one attached hydrogen (secondary N) is 1. The van der Waals surface area contributed by atoms with Crippen LogP contribution in [0.15, 0.2) is 63.9 Å². The summed E-state index contributed by atoms with van der Waals surface area (Å²) in [6.45, 7) is -0.247. The second-order valence-corrected chi connectivity index (χ2v) is 4.97. The first-order chi connectivity index (χ1) is 11.7. The molecule has 0 fully saturated rings. The van der Waals surface area contributed by atoms with Crippen LogP contribution in [0.2, 0.25) is 0 Å². The van der Waals surface area contributed by atoms with E-state index >= 15 is 0 Å². The molecule has 7 heteroatoms. The van der Waals surface area contributed by atoms with E-state index in [0.29, 0.717) is 16.8 Å². The SMILES string of the molecule is N#Cc1cccc(NC(=O)Cn2c(-c3ccccc3)noc2=O)c1. The van der Waals surface area contributed by atoms with Gasteiger partial charge in [0.1, 0.15) is 6.54 Å². The van der Waals surface area contributed by atoms with Gasteiger partial charge in [0.2, 0.25) is 5.91 Å². The van der Waals surface area contributed by atoms with Gasteiger partial charge in [-0.15, -0.1) is 0 Å². The van der Waals surface area contributed by atoms with Crippen LogP contribution < -0.4 is 11.1 Å². The van der Waals surface area contributed by atoms with Crippen LogP contribution in [-0.4, -0.2) is 15.6 Å². The van der Waals surface area contributed by atoms with E-state index in [9.17, 15) is 9.59 Å². The minimum Gasteiger partial charge on any atom is -0.324 e. The van der Waals surface area contributed by atoms with E-state index in [1.54, 1.807) is 48.5 Å². The molecule has 7 nitrogen and oxygen atoms in total. The van der Waals surface area contributed by atoms with Gasteiger partial charge in [-0.2, -0.15) is 5.26 Å². The van der Waals surface area contributed by atoms with Crippen molar-refractivity contribution in [3.63, 3.8) is 0 Å². The average molecular weight is 320 g/mol. The van der Waals surface area contributed by atoms with E-state index in [4.69, 9.17) is 5.26 Å². The van der Waals surface area contributed by atoms with Crippen molar-refractivity contribution < 1.29 is 9.32 Å². The number of aromatic nitrogens is 2. The molecular formula is C17H12N4O3. The maximum atomic E-state index is 12.2. The van der Waals surface area contributed by atoms with E-state index in [1.807, 2.05) is 12.1 Å². The van der Waals surface area contributed by atoms with Crippen molar-refractivity contribution in [2.75, 3.05) is 5.32 Å². The zero-order chi connectivity index (χ0) is 16.9. The van der Waals surface area contributed by atoms with Crippen LogP contribution in [0.4, 0.5) is 5.69 Å². The lowest BCUT2D eigenvalue weighted by molar-refractivity contribution is -0.116. The lowest BCUT2D eigenvalue weighted by Crippen LogP contribution is -2.25. The maximum absolute atomic E-state index is 12.2. The van der Waals surface area contributed by atoms with Crippen molar-refractivity contribution in [1.82, 2.24) is 9.72 Å². The molecule has 0 unspecified atom stereocenters. The van der Waals surface area contributed by atoms with Crippen molar-refractivity contribution in [2.45, 2.75) is 6.54 Å². The standard InChI is InChI=1S/C17H12N4O3/c18-10-12-5-4-8-14(9-12)19-15(22)11-21-16(20-24-17(21)23)13-6-2-1-3-7-13/h1-9H,11H2,(H,19,22). The molecule has 0 aliphatic rings. The molecule has 1 amide bonds. The fraction of sp³-hybridized carbons (Fsp3) is 0.0588. The molecule has 3 rings (SSSR count). The predicted octanol–water partition coefficient (Wildman–Crippen LogP) is 2.01. The Hall–Kier alpha value is -3.66. The third-order valence-corrected chi connectivity index (χ3v) is 3.30. The Balaban J connectivity index is 1.81. The maximum Gasteiger partial charge on any atom is 0.442 e. The van der Waals surface area contributed by atoms with Gasteiger partial charge in [-0.3, -0.25) is 9.32 Å². The van der Waals surface area contributed by atoms with Crippen molar-refractivity contribution in [1.29, 1.82) is 5.26 Å². The summed E-state index contributed by atoms with van der Waals surface area (Å²) in [5.74, 6) is -0.858. The molecule has 0 radical (unpaired) electrons. The summed E-state index contributed by atoms with van der Waals surface area (Å²) in [6, 6.07) is 17.5. The van der Waals surface area contributed by atoms with E-state index in [2.05, 4.69) is 15.0 Å². The Kier molecular flexibility index (Phi) is 4.21. The number of benzene rings is 2. The van der Waals surface area contributed by atoms with E-state index < -0.39 is 11.7 Å². The van der Waals surface area contributed by atoms with Gasteiger partial charge in [-0.25, -0.2) is 9.36 Å². The number of anilines is 1. The van der Waals surface area contributed by atoms with Crippen LogP contribution in [0, 0.1) is 11.3 Å². The van der Waals surface area contributed by atoms with Crippen molar-refractivity contribution >= 4 is 11.6 Å². The first-order valence-corrected chi connectivity index (χ1v) is 7.09. The molecule has 118 valence electrons. The molecule has 0 bridgehead atoms. The normalized spacial score (nSPS) is 10.1. The van der Waals surface area contributed by atoms with Gasteiger partial charge < -0.3 is 5.32 Å². The molecule has 1 heterocycles. The molecule has 0 aliphatic carbocycles. The third kappa shape index (κ3) is 3.23. The monoisotopic (exact) mass is 320 g/mol. The Bertz CT molecular complexity index is 967. The van der Waals surface area contributed by atoms with Crippen molar-refractivity contribution in [3.8, 4) is 17.5 Å². The van der Waals surface area contributed by atoms with Gasteiger partial charge in [0.25, 0.3) is 0 Å². The summed E-state index contributed by atoms with van der Waals surface area (Å²) < 4.78 is 5.82. The smallest absolute Gasteiger partial charge is 0.324 e. The first kappa shape index (κ1) is 15.2. The van der Waals surface area contributed by atoms with Gasteiger partial charge in [-0.05, 0) is 18.2 Å². The Morgan fingerprint density at radius 2 is 2.00 bits per heavy atom. The summed E-state index contributed by atoms with van der Waals surface area (Å²) in [5.41, 5.74) is 1.58. The molecular weight excluding hydrogens is 308 g/mol. The third-order valence-electron chi connectivity index (χ3n) is 3.30. The quantitative estimate of drug-likeness (QED) is 0.792. The molecule has 1 N–H and O–H groups in total. The molecule has 2 aromatic carbocycles. The van der Waals surface area contributed by atoms with Crippen LogP contribution in [0.5, 0.6) is 0 Å². The molecule has 0 aliphatic heterocycles. The largest absolute Gasteiger partial charge is 0.442 e. The average Bonchev–Trinajstić information content (AvgIpc) is 2.96. The number of carbonyl (C=O) groups is 1. The summed E-state index contributed by atoms with van der Waals surface area (Å²) in [7, 11) is 0. The Morgan fingerprint density at radius 1 is 1.21 bits per heavy atom. The van der Waals surface area contributed by atoms with Crippen LogP contribution in [0.3, 0.4) is 0 Å². The van der Waals surface area contributed by atoms with Gasteiger partial charge in [0.05, 0.1) is 11.6 Å². The van der Waals surface area contributed by atoms with Crippen molar-refractivity contribution in [3.05, 3.63) is 70.7 Å². The second kappa shape index (κ2) is 6.62. The highest BCUT2D eigenvalue weighted by Gasteiger charge is 2.15. The highest BCUT2D eigenvalue weighted by molar-refractivity contribution is 5.91. The molecule has 0 atom stereocenters. The van der Waals surface area contributed by atoms with Crippen molar-refractivity contribution in [2.24, 2.45) is 0 Å². The lowest BCUT2D eigenvalue weighted by atomic mass is 10.2. The van der Waals surface area contributed by atoms with Crippen LogP contribution >= 0.6 is 0 Å². The number of nitrogens with zero attached hydrogens (tertiary/aromatic N) is 3. The number of carbonyl (C=O) groups excluding carboxylic acids is 1.